The highest BCUT2D eigenvalue weighted by molar-refractivity contribution is 7.92. The summed E-state index contributed by atoms with van der Waals surface area (Å²) in [5.41, 5.74) is 0.871. The van der Waals surface area contributed by atoms with E-state index in [1.54, 1.807) is 43.5 Å². The first kappa shape index (κ1) is 32.6. The molecule has 1 N–H and O–H groups in total. The van der Waals surface area contributed by atoms with Gasteiger partial charge in [-0.3, -0.25) is 13.9 Å². The standard InChI is InChI=1S/C32H37Cl2N3O5S/c1-3-30(32(39)35-26-12-6-4-7-13-26)36(21-23-11-10-14-28(17-23)42-2)31(38)22-37(27-19-24(33)18-25(34)20-27)43(40,41)29-15-8-5-9-16-29/h5,8-11,14-20,26,30H,3-4,6-7,12-13,21-22H2,1-2H3,(H,35,39). The summed E-state index contributed by atoms with van der Waals surface area (Å²) < 4.78 is 34.3. The minimum Gasteiger partial charge on any atom is -0.497 e. The SMILES string of the molecule is CCC(C(=O)NC1CCCCC1)N(Cc1cccc(OC)c1)C(=O)CN(c1cc(Cl)cc(Cl)c1)S(=O)(=O)c1ccccc1. The molecule has 0 bridgehead atoms. The molecule has 0 spiro atoms. The lowest BCUT2D eigenvalue weighted by Gasteiger charge is -2.34. The van der Waals surface area contributed by atoms with Gasteiger partial charge in [0.05, 0.1) is 17.7 Å². The lowest BCUT2D eigenvalue weighted by atomic mass is 9.95. The van der Waals surface area contributed by atoms with Gasteiger partial charge in [-0.05, 0) is 67.3 Å². The molecule has 0 aliphatic heterocycles. The van der Waals surface area contributed by atoms with Gasteiger partial charge in [-0.15, -0.1) is 0 Å². The molecule has 0 heterocycles. The number of benzene rings is 3. The van der Waals surface area contributed by atoms with Crippen LogP contribution >= 0.6 is 23.2 Å². The number of sulfonamides is 1. The lowest BCUT2D eigenvalue weighted by Crippen LogP contribution is -2.54. The molecule has 1 aliphatic rings. The number of hydrogen-bond donors (Lipinski definition) is 1. The van der Waals surface area contributed by atoms with E-state index in [-0.39, 0.29) is 39.1 Å². The Morgan fingerprint density at radius 2 is 1.63 bits per heavy atom. The first-order valence-electron chi connectivity index (χ1n) is 14.4. The Hall–Kier alpha value is -3.27. The first-order chi connectivity index (χ1) is 20.6. The third kappa shape index (κ3) is 8.43. The number of amides is 2. The molecule has 1 unspecified atom stereocenters. The van der Waals surface area contributed by atoms with Crippen molar-refractivity contribution in [3.63, 3.8) is 0 Å². The number of nitrogens with one attached hydrogen (secondary N) is 1. The van der Waals surface area contributed by atoms with Gasteiger partial charge < -0.3 is 15.0 Å². The van der Waals surface area contributed by atoms with Crippen LogP contribution in [0.2, 0.25) is 10.0 Å². The Balaban J connectivity index is 1.73. The van der Waals surface area contributed by atoms with Gasteiger partial charge in [0.25, 0.3) is 10.0 Å². The predicted octanol–water partition coefficient (Wildman–Crippen LogP) is 6.45. The van der Waals surface area contributed by atoms with Crippen LogP contribution in [0.4, 0.5) is 5.69 Å². The fraction of sp³-hybridized carbons (Fsp3) is 0.375. The summed E-state index contributed by atoms with van der Waals surface area (Å²) in [4.78, 5) is 29.4. The van der Waals surface area contributed by atoms with Crippen LogP contribution in [0, 0.1) is 0 Å². The van der Waals surface area contributed by atoms with Crippen LogP contribution in [-0.2, 0) is 26.2 Å². The molecule has 230 valence electrons. The van der Waals surface area contributed by atoms with Crippen LogP contribution in [0.1, 0.15) is 51.0 Å². The zero-order valence-electron chi connectivity index (χ0n) is 24.3. The van der Waals surface area contributed by atoms with E-state index in [0.29, 0.717) is 12.2 Å². The van der Waals surface area contributed by atoms with Crippen molar-refractivity contribution < 1.29 is 22.7 Å². The predicted molar refractivity (Wildman–Crippen MR) is 170 cm³/mol. The molecule has 1 atom stereocenters. The Morgan fingerprint density at radius 3 is 2.26 bits per heavy atom. The number of nitrogens with zero attached hydrogens (tertiary/aromatic N) is 2. The number of methoxy groups -OCH3 is 1. The Labute approximate surface area is 264 Å². The van der Waals surface area contributed by atoms with E-state index in [9.17, 15) is 18.0 Å². The summed E-state index contributed by atoms with van der Waals surface area (Å²) in [7, 11) is -2.67. The summed E-state index contributed by atoms with van der Waals surface area (Å²) in [6.45, 7) is 1.33. The molecule has 3 aromatic carbocycles. The minimum atomic E-state index is -4.23. The van der Waals surface area contributed by atoms with Crippen LogP contribution < -0.4 is 14.4 Å². The molecule has 1 fully saturated rings. The van der Waals surface area contributed by atoms with Gasteiger partial charge in [-0.1, -0.05) is 79.7 Å². The van der Waals surface area contributed by atoms with E-state index >= 15 is 0 Å². The number of anilines is 1. The van der Waals surface area contributed by atoms with Crippen molar-refractivity contribution in [3.05, 3.63) is 88.4 Å². The maximum absolute atomic E-state index is 14.3. The average Bonchev–Trinajstić information content (AvgIpc) is 3.00. The molecule has 3 aromatic rings. The van der Waals surface area contributed by atoms with E-state index in [2.05, 4.69) is 5.32 Å². The molecule has 11 heteroatoms. The van der Waals surface area contributed by atoms with Crippen molar-refractivity contribution in [2.45, 2.75) is 69.0 Å². The highest BCUT2D eigenvalue weighted by atomic mass is 35.5. The third-order valence-corrected chi connectivity index (χ3v) is 9.79. The molecule has 4 rings (SSSR count). The minimum absolute atomic E-state index is 0.000303. The lowest BCUT2D eigenvalue weighted by molar-refractivity contribution is -0.140. The van der Waals surface area contributed by atoms with Crippen molar-refractivity contribution >= 4 is 50.7 Å². The molecule has 0 aromatic heterocycles. The molecular weight excluding hydrogens is 609 g/mol. The number of carbonyl (C=O) groups is 2. The quantitative estimate of drug-likeness (QED) is 0.244. The van der Waals surface area contributed by atoms with Gasteiger partial charge in [0.1, 0.15) is 18.3 Å². The van der Waals surface area contributed by atoms with E-state index in [1.807, 2.05) is 13.0 Å². The fourth-order valence-electron chi connectivity index (χ4n) is 5.36. The third-order valence-electron chi connectivity index (χ3n) is 7.57. The average molecular weight is 647 g/mol. The van der Waals surface area contributed by atoms with Gasteiger partial charge in [0.2, 0.25) is 11.8 Å². The maximum atomic E-state index is 14.3. The van der Waals surface area contributed by atoms with Gasteiger partial charge in [-0.2, -0.15) is 0 Å². The van der Waals surface area contributed by atoms with Crippen molar-refractivity contribution in [2.24, 2.45) is 0 Å². The van der Waals surface area contributed by atoms with E-state index in [1.165, 1.54) is 35.2 Å². The van der Waals surface area contributed by atoms with Gasteiger partial charge in [0.15, 0.2) is 0 Å². The highest BCUT2D eigenvalue weighted by Crippen LogP contribution is 2.30. The molecule has 2 amide bonds. The van der Waals surface area contributed by atoms with Crippen molar-refractivity contribution in [2.75, 3.05) is 18.0 Å². The molecule has 0 saturated heterocycles. The number of carbonyl (C=O) groups excluding carboxylic acids is 2. The van der Waals surface area contributed by atoms with Crippen LogP contribution in [-0.4, -0.2) is 50.9 Å². The fourth-order valence-corrected chi connectivity index (χ4v) is 7.30. The maximum Gasteiger partial charge on any atom is 0.264 e. The van der Waals surface area contributed by atoms with E-state index in [0.717, 1.165) is 42.0 Å². The summed E-state index contributed by atoms with van der Waals surface area (Å²) in [5.74, 6) is -0.204. The van der Waals surface area contributed by atoms with E-state index < -0.39 is 28.5 Å². The van der Waals surface area contributed by atoms with Gasteiger partial charge in [-0.25, -0.2) is 8.42 Å². The summed E-state index contributed by atoms with van der Waals surface area (Å²) in [5, 5.41) is 3.58. The second kappa shape index (κ2) is 14.9. The van der Waals surface area contributed by atoms with Crippen molar-refractivity contribution in [3.8, 4) is 5.75 Å². The number of hydrogen-bond acceptors (Lipinski definition) is 5. The van der Waals surface area contributed by atoms with Crippen LogP contribution in [0.3, 0.4) is 0 Å². The van der Waals surface area contributed by atoms with Crippen LogP contribution in [0.5, 0.6) is 5.75 Å². The van der Waals surface area contributed by atoms with Crippen molar-refractivity contribution in [1.82, 2.24) is 10.2 Å². The van der Waals surface area contributed by atoms with E-state index in [4.69, 9.17) is 27.9 Å². The molecule has 1 saturated carbocycles. The number of halogens is 2. The molecule has 8 nitrogen and oxygen atoms in total. The second-order valence-corrected chi connectivity index (χ2v) is 13.3. The second-order valence-electron chi connectivity index (χ2n) is 10.6. The highest BCUT2D eigenvalue weighted by Gasteiger charge is 2.34. The Morgan fingerprint density at radius 1 is 0.953 bits per heavy atom. The number of ether oxygens (including phenoxy) is 1. The first-order valence-corrected chi connectivity index (χ1v) is 16.6. The largest absolute Gasteiger partial charge is 0.497 e. The van der Waals surface area contributed by atoms with Gasteiger partial charge >= 0.3 is 0 Å². The molecule has 1 aliphatic carbocycles. The smallest absolute Gasteiger partial charge is 0.264 e. The zero-order valence-corrected chi connectivity index (χ0v) is 26.7. The van der Waals surface area contributed by atoms with Crippen LogP contribution in [0.25, 0.3) is 0 Å². The summed E-state index contributed by atoms with van der Waals surface area (Å²) >= 11 is 12.5. The Kier molecular flexibility index (Phi) is 11.3. The molecule has 0 radical (unpaired) electrons. The number of rotatable bonds is 12. The monoisotopic (exact) mass is 645 g/mol. The van der Waals surface area contributed by atoms with Crippen LogP contribution in [0.15, 0.2) is 77.7 Å². The molecular formula is C32H37Cl2N3O5S. The summed E-state index contributed by atoms with van der Waals surface area (Å²) in [6, 6.07) is 18.7. The van der Waals surface area contributed by atoms with Crippen molar-refractivity contribution in [1.29, 1.82) is 0 Å². The summed E-state index contributed by atoms with van der Waals surface area (Å²) in [6.07, 6.45) is 5.35. The zero-order chi connectivity index (χ0) is 31.0. The Bertz CT molecular complexity index is 1490. The molecule has 43 heavy (non-hydrogen) atoms. The van der Waals surface area contributed by atoms with Gasteiger partial charge in [0, 0.05) is 22.6 Å². The topological polar surface area (TPSA) is 96.0 Å². The normalized spacial score (nSPS) is 14.5.